The van der Waals surface area contributed by atoms with E-state index in [9.17, 15) is 4.79 Å². The molecule has 2 rings (SSSR count). The molecular weight excluding hydrogens is 300 g/mol. The summed E-state index contributed by atoms with van der Waals surface area (Å²) in [6.07, 6.45) is 1.50. The lowest BCUT2D eigenvalue weighted by Gasteiger charge is -2.21. The van der Waals surface area contributed by atoms with Crippen molar-refractivity contribution >= 4 is 17.4 Å². The first-order valence-corrected chi connectivity index (χ1v) is 8.01. The second-order valence-electron chi connectivity index (χ2n) is 6.13. The van der Waals surface area contributed by atoms with Crippen molar-refractivity contribution in [1.29, 1.82) is 0 Å². The van der Waals surface area contributed by atoms with E-state index in [4.69, 9.17) is 0 Å². The van der Waals surface area contributed by atoms with Crippen molar-refractivity contribution in [2.24, 2.45) is 0 Å². The Labute approximate surface area is 134 Å². The maximum Gasteiger partial charge on any atom is 0.315 e. The molecule has 0 unspecified atom stereocenters. The first kappa shape index (κ1) is 16.4. The average molecular weight is 322 g/mol. The second-order valence-corrected chi connectivity index (χ2v) is 7.02. The van der Waals surface area contributed by atoms with E-state index in [0.29, 0.717) is 6.54 Å². The highest BCUT2D eigenvalue weighted by atomic mass is 32.1. The molecule has 2 amide bonds. The zero-order valence-corrected chi connectivity index (χ0v) is 14.4. The number of hydrogen-bond acceptors (Lipinski definition) is 5. The first-order chi connectivity index (χ1) is 10.3. The summed E-state index contributed by atoms with van der Waals surface area (Å²) >= 11 is 1.54. The van der Waals surface area contributed by atoms with Crippen molar-refractivity contribution < 1.29 is 4.79 Å². The van der Waals surface area contributed by atoms with Crippen LogP contribution in [0.1, 0.15) is 50.3 Å². The van der Waals surface area contributed by atoms with Gasteiger partial charge in [-0.2, -0.15) is 5.10 Å². The lowest BCUT2D eigenvalue weighted by atomic mass is 10.1. The third-order valence-corrected chi connectivity index (χ3v) is 4.16. The quantitative estimate of drug-likeness (QED) is 0.905. The van der Waals surface area contributed by atoms with Gasteiger partial charge in [-0.25, -0.2) is 19.4 Å². The molecule has 2 aromatic heterocycles. The fraction of sp³-hybridized carbons (Fsp3) is 0.571. The Balaban J connectivity index is 1.90. The van der Waals surface area contributed by atoms with E-state index in [1.165, 1.54) is 6.33 Å². The lowest BCUT2D eigenvalue weighted by molar-refractivity contribution is 0.236. The molecule has 22 heavy (non-hydrogen) atoms. The maximum atomic E-state index is 12.0. The molecule has 0 radical (unpaired) electrons. The molecule has 0 aliphatic rings. The van der Waals surface area contributed by atoms with Gasteiger partial charge in [0.25, 0.3) is 0 Å². The normalized spacial score (nSPS) is 13.0. The lowest BCUT2D eigenvalue weighted by Crippen LogP contribution is -2.38. The van der Waals surface area contributed by atoms with Crippen molar-refractivity contribution in [3.05, 3.63) is 28.2 Å². The average Bonchev–Trinajstić information content (AvgIpc) is 3.04. The van der Waals surface area contributed by atoms with Crippen LogP contribution in [0.5, 0.6) is 0 Å². The summed E-state index contributed by atoms with van der Waals surface area (Å²) < 4.78 is 1.81. The number of amides is 2. The summed E-state index contributed by atoms with van der Waals surface area (Å²) in [5, 5.41) is 12.7. The first-order valence-electron chi connectivity index (χ1n) is 7.13. The molecule has 2 N–H and O–H groups in total. The van der Waals surface area contributed by atoms with Gasteiger partial charge in [-0.05, 0) is 34.6 Å². The van der Waals surface area contributed by atoms with Crippen LogP contribution in [0, 0.1) is 6.92 Å². The van der Waals surface area contributed by atoms with Crippen LogP contribution in [0.25, 0.3) is 0 Å². The van der Waals surface area contributed by atoms with Crippen molar-refractivity contribution in [2.75, 3.05) is 0 Å². The molecule has 0 saturated heterocycles. The molecule has 0 aromatic carbocycles. The van der Waals surface area contributed by atoms with Gasteiger partial charge in [-0.15, -0.1) is 11.3 Å². The molecule has 2 heterocycles. The molecule has 0 aliphatic heterocycles. The number of aromatic nitrogens is 4. The van der Waals surface area contributed by atoms with Crippen molar-refractivity contribution in [3.63, 3.8) is 0 Å². The predicted octanol–water partition coefficient (Wildman–Crippen LogP) is 2.36. The third kappa shape index (κ3) is 4.03. The van der Waals surface area contributed by atoms with Crippen LogP contribution < -0.4 is 10.6 Å². The summed E-state index contributed by atoms with van der Waals surface area (Å²) in [6.45, 7) is 10.3. The summed E-state index contributed by atoms with van der Waals surface area (Å²) in [6, 6.07) is -0.372. The van der Waals surface area contributed by atoms with Crippen LogP contribution in [-0.2, 0) is 12.1 Å². The zero-order chi connectivity index (χ0) is 16.3. The largest absolute Gasteiger partial charge is 0.331 e. The number of carbonyl (C=O) groups is 1. The number of nitrogens with zero attached hydrogens (tertiary/aromatic N) is 4. The Kier molecular flexibility index (Phi) is 4.80. The summed E-state index contributed by atoms with van der Waals surface area (Å²) in [7, 11) is 0. The number of thiazole rings is 1. The van der Waals surface area contributed by atoms with Crippen molar-refractivity contribution in [1.82, 2.24) is 30.4 Å². The Morgan fingerprint density at radius 3 is 2.77 bits per heavy atom. The molecule has 8 heteroatoms. The number of urea groups is 1. The minimum Gasteiger partial charge on any atom is -0.331 e. The van der Waals surface area contributed by atoms with Crippen molar-refractivity contribution in [2.45, 2.75) is 52.7 Å². The Bertz CT molecular complexity index is 642. The topological polar surface area (TPSA) is 84.7 Å². The van der Waals surface area contributed by atoms with Crippen LogP contribution in [-0.4, -0.2) is 25.8 Å². The van der Waals surface area contributed by atoms with E-state index in [1.807, 2.05) is 40.0 Å². The number of nitrogens with one attached hydrogen (secondary N) is 2. The van der Waals surface area contributed by atoms with Crippen molar-refractivity contribution in [3.8, 4) is 0 Å². The van der Waals surface area contributed by atoms with Gasteiger partial charge in [0.15, 0.2) is 0 Å². The van der Waals surface area contributed by atoms with Gasteiger partial charge in [-0.1, -0.05) is 0 Å². The fourth-order valence-electron chi connectivity index (χ4n) is 1.99. The van der Waals surface area contributed by atoms with Gasteiger partial charge < -0.3 is 10.6 Å². The number of carbonyl (C=O) groups excluding carboxylic acids is 1. The highest BCUT2D eigenvalue weighted by Crippen LogP contribution is 2.17. The van der Waals surface area contributed by atoms with E-state index in [-0.39, 0.29) is 17.6 Å². The molecule has 0 bridgehead atoms. The molecule has 0 saturated carbocycles. The van der Waals surface area contributed by atoms with E-state index < -0.39 is 0 Å². The Morgan fingerprint density at radius 1 is 1.45 bits per heavy atom. The standard InChI is InChI=1S/C14H22N6OS/c1-9-7-22-12(18-9)10(2)19-13(21)15-6-11-16-8-17-20(11)14(3,4)5/h7-8,10H,6H2,1-5H3,(H2,15,19,21)/t10-/m0/s1. The van der Waals surface area contributed by atoms with E-state index in [0.717, 1.165) is 16.5 Å². The second kappa shape index (κ2) is 6.43. The molecule has 120 valence electrons. The van der Waals surface area contributed by atoms with Crippen LogP contribution >= 0.6 is 11.3 Å². The van der Waals surface area contributed by atoms with Gasteiger partial charge in [-0.3, -0.25) is 0 Å². The van der Waals surface area contributed by atoms with E-state index >= 15 is 0 Å². The maximum absolute atomic E-state index is 12.0. The predicted molar refractivity (Wildman–Crippen MR) is 85.7 cm³/mol. The number of rotatable bonds is 4. The molecule has 2 aromatic rings. The summed E-state index contributed by atoms with van der Waals surface area (Å²) in [4.78, 5) is 20.6. The molecule has 0 aliphatic carbocycles. The van der Waals surface area contributed by atoms with Gasteiger partial charge in [0.1, 0.15) is 17.2 Å². The van der Waals surface area contributed by atoms with E-state index in [2.05, 4.69) is 25.7 Å². The van der Waals surface area contributed by atoms with Gasteiger partial charge >= 0.3 is 6.03 Å². The molecule has 1 atom stereocenters. The molecule has 0 spiro atoms. The minimum absolute atomic E-state index is 0.126. The van der Waals surface area contributed by atoms with Gasteiger partial charge in [0.2, 0.25) is 0 Å². The molecule has 0 fully saturated rings. The smallest absolute Gasteiger partial charge is 0.315 e. The van der Waals surface area contributed by atoms with Gasteiger partial charge in [0.05, 0.1) is 18.1 Å². The number of aryl methyl sites for hydroxylation is 1. The zero-order valence-electron chi connectivity index (χ0n) is 13.5. The van der Waals surface area contributed by atoms with Crippen LogP contribution in [0.3, 0.4) is 0 Å². The van der Waals surface area contributed by atoms with Gasteiger partial charge in [0, 0.05) is 11.1 Å². The highest BCUT2D eigenvalue weighted by molar-refractivity contribution is 7.09. The summed E-state index contributed by atoms with van der Waals surface area (Å²) in [5.74, 6) is 0.723. The Hall–Kier alpha value is -1.96. The van der Waals surface area contributed by atoms with E-state index in [1.54, 1.807) is 16.0 Å². The monoisotopic (exact) mass is 322 g/mol. The van der Waals surface area contributed by atoms with Crippen LogP contribution in [0.4, 0.5) is 4.79 Å². The summed E-state index contributed by atoms with van der Waals surface area (Å²) in [5.41, 5.74) is 0.794. The molecular formula is C14H22N6OS. The SMILES string of the molecule is Cc1csc([C@H](C)NC(=O)NCc2ncnn2C(C)(C)C)n1. The third-order valence-electron chi connectivity index (χ3n) is 3.02. The fourth-order valence-corrected chi connectivity index (χ4v) is 2.79. The van der Waals surface area contributed by atoms with Crippen LogP contribution in [0.15, 0.2) is 11.7 Å². The highest BCUT2D eigenvalue weighted by Gasteiger charge is 2.19. The Morgan fingerprint density at radius 2 is 2.18 bits per heavy atom. The number of hydrogen-bond donors (Lipinski definition) is 2. The van der Waals surface area contributed by atoms with Crippen LogP contribution in [0.2, 0.25) is 0 Å². The molecule has 7 nitrogen and oxygen atoms in total. The minimum atomic E-state index is -0.246.